The molecule has 0 unspecified atom stereocenters. The molecule has 0 aromatic heterocycles. The summed E-state index contributed by atoms with van der Waals surface area (Å²) in [5.41, 5.74) is 0.558. The Morgan fingerprint density at radius 3 is 2.76 bits per heavy atom. The Balaban J connectivity index is 1.84. The van der Waals surface area contributed by atoms with Crippen molar-refractivity contribution in [3.8, 4) is 0 Å². The molecule has 1 heterocycles. The number of likely N-dealkylation sites (tertiary alicyclic amines) is 1. The lowest BCUT2D eigenvalue weighted by molar-refractivity contribution is -0.147. The minimum Gasteiger partial charge on any atom is -0.469 e. The predicted molar refractivity (Wildman–Crippen MR) is 76.2 cm³/mol. The zero-order valence-electron chi connectivity index (χ0n) is 12.0. The average Bonchev–Trinajstić information content (AvgIpc) is 2.49. The first-order chi connectivity index (χ1) is 10.1. The number of amides is 1. The lowest BCUT2D eigenvalue weighted by Gasteiger charge is -2.30. The second-order valence-corrected chi connectivity index (χ2v) is 5.15. The van der Waals surface area contributed by atoms with Gasteiger partial charge in [-0.1, -0.05) is 0 Å². The summed E-state index contributed by atoms with van der Waals surface area (Å²) in [5, 5.41) is 2.71. The Labute approximate surface area is 123 Å². The monoisotopic (exact) mass is 294 g/mol. The SMILES string of the molecule is COC(=O)[C@H]1CCCN(CC(=O)Nc2ccc(F)cc2)C1. The molecule has 0 spiro atoms. The van der Waals surface area contributed by atoms with Gasteiger partial charge in [0.2, 0.25) is 5.91 Å². The van der Waals surface area contributed by atoms with E-state index in [2.05, 4.69) is 5.32 Å². The Morgan fingerprint density at radius 1 is 1.38 bits per heavy atom. The highest BCUT2D eigenvalue weighted by molar-refractivity contribution is 5.92. The molecule has 6 heteroatoms. The van der Waals surface area contributed by atoms with E-state index in [0.717, 1.165) is 19.4 Å². The molecule has 1 atom stereocenters. The van der Waals surface area contributed by atoms with E-state index in [1.54, 1.807) is 0 Å². The molecule has 5 nitrogen and oxygen atoms in total. The molecule has 0 radical (unpaired) electrons. The number of esters is 1. The molecule has 1 aromatic rings. The van der Waals surface area contributed by atoms with Crippen molar-refractivity contribution >= 4 is 17.6 Å². The zero-order valence-corrected chi connectivity index (χ0v) is 12.0. The molecule has 0 bridgehead atoms. The van der Waals surface area contributed by atoms with Gasteiger partial charge < -0.3 is 10.1 Å². The van der Waals surface area contributed by atoms with Crippen LogP contribution in [0.4, 0.5) is 10.1 Å². The van der Waals surface area contributed by atoms with Crippen molar-refractivity contribution in [2.45, 2.75) is 12.8 Å². The predicted octanol–water partition coefficient (Wildman–Crippen LogP) is 1.65. The highest BCUT2D eigenvalue weighted by atomic mass is 19.1. The number of hydrogen-bond acceptors (Lipinski definition) is 4. The molecule has 2 rings (SSSR count). The van der Waals surface area contributed by atoms with E-state index in [4.69, 9.17) is 4.74 Å². The summed E-state index contributed by atoms with van der Waals surface area (Å²) in [7, 11) is 1.38. The van der Waals surface area contributed by atoms with Crippen molar-refractivity contribution in [1.82, 2.24) is 4.90 Å². The first kappa shape index (κ1) is 15.4. The minimum atomic E-state index is -0.343. The number of carbonyl (C=O) groups excluding carboxylic acids is 2. The Bertz CT molecular complexity index is 504. The first-order valence-corrected chi connectivity index (χ1v) is 6.94. The van der Waals surface area contributed by atoms with E-state index in [-0.39, 0.29) is 30.2 Å². The summed E-state index contributed by atoms with van der Waals surface area (Å²) in [6, 6.07) is 5.62. The van der Waals surface area contributed by atoms with E-state index in [9.17, 15) is 14.0 Å². The number of carbonyl (C=O) groups is 2. The van der Waals surface area contributed by atoms with E-state index >= 15 is 0 Å². The van der Waals surface area contributed by atoms with Crippen LogP contribution in [0.25, 0.3) is 0 Å². The lowest BCUT2D eigenvalue weighted by Crippen LogP contribution is -2.42. The van der Waals surface area contributed by atoms with Crippen LogP contribution >= 0.6 is 0 Å². The molecule has 21 heavy (non-hydrogen) atoms. The van der Waals surface area contributed by atoms with Gasteiger partial charge in [0.05, 0.1) is 19.6 Å². The van der Waals surface area contributed by atoms with E-state index < -0.39 is 0 Å². The molecular formula is C15H19FN2O3. The Hall–Kier alpha value is -1.95. The molecular weight excluding hydrogens is 275 g/mol. The van der Waals surface area contributed by atoms with Crippen LogP contribution in [0.1, 0.15) is 12.8 Å². The maximum Gasteiger partial charge on any atom is 0.309 e. The van der Waals surface area contributed by atoms with Crippen molar-refractivity contribution in [2.24, 2.45) is 5.92 Å². The van der Waals surface area contributed by atoms with Gasteiger partial charge in [-0.3, -0.25) is 14.5 Å². The van der Waals surface area contributed by atoms with Gasteiger partial charge in [-0.15, -0.1) is 0 Å². The largest absolute Gasteiger partial charge is 0.469 e. The fourth-order valence-electron chi connectivity index (χ4n) is 2.50. The second-order valence-electron chi connectivity index (χ2n) is 5.15. The third kappa shape index (κ3) is 4.53. The van der Waals surface area contributed by atoms with Crippen molar-refractivity contribution in [2.75, 3.05) is 32.1 Å². The molecule has 0 aliphatic carbocycles. The Morgan fingerprint density at radius 2 is 2.10 bits per heavy atom. The summed E-state index contributed by atoms with van der Waals surface area (Å²) in [6.07, 6.45) is 1.66. The van der Waals surface area contributed by atoms with Crippen LogP contribution in [0.3, 0.4) is 0 Å². The number of hydrogen-bond donors (Lipinski definition) is 1. The number of piperidine rings is 1. The van der Waals surface area contributed by atoms with Gasteiger partial charge in [0.25, 0.3) is 0 Å². The zero-order chi connectivity index (χ0) is 15.2. The van der Waals surface area contributed by atoms with Crippen molar-refractivity contribution in [3.63, 3.8) is 0 Å². The molecule has 1 fully saturated rings. The van der Waals surface area contributed by atoms with Gasteiger partial charge in [-0.25, -0.2) is 4.39 Å². The van der Waals surface area contributed by atoms with Crippen LogP contribution < -0.4 is 5.32 Å². The average molecular weight is 294 g/mol. The third-order valence-corrected chi connectivity index (χ3v) is 3.54. The van der Waals surface area contributed by atoms with Crippen LogP contribution in [0.15, 0.2) is 24.3 Å². The van der Waals surface area contributed by atoms with Gasteiger partial charge in [-0.2, -0.15) is 0 Å². The molecule has 1 N–H and O–H groups in total. The van der Waals surface area contributed by atoms with E-state index in [1.165, 1.54) is 31.4 Å². The highest BCUT2D eigenvalue weighted by Crippen LogP contribution is 2.17. The summed E-state index contributed by atoms with van der Waals surface area (Å²) in [6.45, 7) is 1.53. The fourth-order valence-corrected chi connectivity index (χ4v) is 2.50. The van der Waals surface area contributed by atoms with Crippen LogP contribution in [0, 0.1) is 11.7 Å². The molecule has 1 amide bonds. The molecule has 1 aromatic carbocycles. The maximum absolute atomic E-state index is 12.8. The molecule has 1 aliphatic heterocycles. The maximum atomic E-state index is 12.8. The number of nitrogens with one attached hydrogen (secondary N) is 1. The number of nitrogens with zero attached hydrogens (tertiary/aromatic N) is 1. The summed E-state index contributed by atoms with van der Waals surface area (Å²) < 4.78 is 17.5. The summed E-state index contributed by atoms with van der Waals surface area (Å²) in [5.74, 6) is -0.905. The number of methoxy groups -OCH3 is 1. The first-order valence-electron chi connectivity index (χ1n) is 6.94. The number of benzene rings is 1. The molecule has 114 valence electrons. The van der Waals surface area contributed by atoms with Crippen molar-refractivity contribution in [1.29, 1.82) is 0 Å². The quantitative estimate of drug-likeness (QED) is 0.858. The number of anilines is 1. The highest BCUT2D eigenvalue weighted by Gasteiger charge is 2.27. The second kappa shape index (κ2) is 7.17. The number of halogens is 1. The van der Waals surface area contributed by atoms with Crippen LogP contribution in [-0.2, 0) is 14.3 Å². The summed E-state index contributed by atoms with van der Waals surface area (Å²) in [4.78, 5) is 25.4. The molecule has 1 saturated heterocycles. The topological polar surface area (TPSA) is 58.6 Å². The Kier molecular flexibility index (Phi) is 5.27. The van der Waals surface area contributed by atoms with Gasteiger partial charge in [-0.05, 0) is 43.7 Å². The van der Waals surface area contributed by atoms with Crippen molar-refractivity contribution in [3.05, 3.63) is 30.1 Å². The number of rotatable bonds is 4. The lowest BCUT2D eigenvalue weighted by atomic mass is 9.98. The third-order valence-electron chi connectivity index (χ3n) is 3.54. The van der Waals surface area contributed by atoms with Crippen LogP contribution in [0.2, 0.25) is 0 Å². The standard InChI is InChI=1S/C15H19FN2O3/c1-21-15(20)11-3-2-8-18(9-11)10-14(19)17-13-6-4-12(16)5-7-13/h4-7,11H,2-3,8-10H2,1H3,(H,17,19)/t11-/m0/s1. The van der Waals surface area contributed by atoms with Gasteiger partial charge in [0.1, 0.15) is 5.82 Å². The minimum absolute atomic E-state index is 0.164. The smallest absolute Gasteiger partial charge is 0.309 e. The van der Waals surface area contributed by atoms with E-state index in [1.807, 2.05) is 4.90 Å². The number of ether oxygens (including phenoxy) is 1. The fraction of sp³-hybridized carbons (Fsp3) is 0.467. The van der Waals surface area contributed by atoms with Gasteiger partial charge >= 0.3 is 5.97 Å². The molecule has 0 saturated carbocycles. The van der Waals surface area contributed by atoms with Crippen LogP contribution in [-0.4, -0.2) is 43.5 Å². The van der Waals surface area contributed by atoms with Crippen LogP contribution in [0.5, 0.6) is 0 Å². The molecule has 1 aliphatic rings. The van der Waals surface area contributed by atoms with Gasteiger partial charge in [0.15, 0.2) is 0 Å². The summed E-state index contributed by atoms with van der Waals surface area (Å²) >= 11 is 0. The van der Waals surface area contributed by atoms with Crippen molar-refractivity contribution < 1.29 is 18.7 Å². The van der Waals surface area contributed by atoms with E-state index in [0.29, 0.717) is 12.2 Å². The normalized spacial score (nSPS) is 19.0. The van der Waals surface area contributed by atoms with Gasteiger partial charge in [0, 0.05) is 12.2 Å².